The van der Waals surface area contributed by atoms with Crippen LogP contribution in [0.4, 0.5) is 0 Å². The maximum atomic E-state index is 13.0. The Hall–Kier alpha value is -2.51. The minimum absolute atomic E-state index is 0.0446. The standard InChI is InChI=1S/C20H23N3O3S/c1-3-22(4-2)11-12-23-17(15-6-5-13-27-15)16(19(25)20(23)26)18(24)14-7-9-21-10-8-14/h5-10,13,17,24H,3-4,11-12H2,1-2H3. The molecule has 0 bridgehead atoms. The Morgan fingerprint density at radius 3 is 2.52 bits per heavy atom. The number of aromatic nitrogens is 1. The summed E-state index contributed by atoms with van der Waals surface area (Å²) in [5.74, 6) is -1.67. The van der Waals surface area contributed by atoms with Gasteiger partial charge in [-0.25, -0.2) is 0 Å². The number of carbonyl (C=O) groups is 2. The average molecular weight is 385 g/mol. The molecule has 1 aliphatic heterocycles. The predicted octanol–water partition coefficient (Wildman–Crippen LogP) is 0.292. The van der Waals surface area contributed by atoms with Gasteiger partial charge in [-0.2, -0.15) is 0 Å². The van der Waals surface area contributed by atoms with Crippen molar-refractivity contribution in [2.24, 2.45) is 0 Å². The van der Waals surface area contributed by atoms with Crippen molar-refractivity contribution in [2.45, 2.75) is 19.9 Å². The lowest BCUT2D eigenvalue weighted by Gasteiger charge is -2.27. The minimum Gasteiger partial charge on any atom is -0.872 e. The van der Waals surface area contributed by atoms with E-state index in [2.05, 4.69) is 18.8 Å². The number of Topliss-reactive ketones (excluding diaryl/α,β-unsaturated/α-hetero) is 1. The Bertz CT molecular complexity index is 829. The summed E-state index contributed by atoms with van der Waals surface area (Å²) in [4.78, 5) is 33.1. The van der Waals surface area contributed by atoms with Crippen molar-refractivity contribution in [3.8, 4) is 0 Å². The molecule has 1 atom stereocenters. The number of pyridine rings is 1. The number of hydrogen-bond donors (Lipinski definition) is 1. The zero-order valence-corrected chi connectivity index (χ0v) is 16.3. The van der Waals surface area contributed by atoms with E-state index >= 15 is 0 Å². The molecule has 0 aliphatic carbocycles. The Morgan fingerprint density at radius 2 is 1.93 bits per heavy atom. The number of likely N-dealkylation sites (tertiary alicyclic amines) is 1. The van der Waals surface area contributed by atoms with Gasteiger partial charge in [0.1, 0.15) is 0 Å². The number of ketones is 1. The van der Waals surface area contributed by atoms with Crippen LogP contribution < -0.4 is 10.0 Å². The summed E-state index contributed by atoms with van der Waals surface area (Å²) in [6.07, 6.45) is 3.02. The highest BCUT2D eigenvalue weighted by atomic mass is 32.1. The van der Waals surface area contributed by atoms with Crippen molar-refractivity contribution in [3.63, 3.8) is 0 Å². The Morgan fingerprint density at radius 1 is 1.22 bits per heavy atom. The number of rotatable bonds is 7. The van der Waals surface area contributed by atoms with Crippen LogP contribution in [0.5, 0.6) is 0 Å². The first-order valence-electron chi connectivity index (χ1n) is 9.12. The Labute approximate surface area is 162 Å². The van der Waals surface area contributed by atoms with Crippen LogP contribution in [-0.2, 0) is 9.59 Å². The van der Waals surface area contributed by atoms with Crippen LogP contribution in [0.2, 0.25) is 0 Å². The number of amides is 1. The molecule has 0 spiro atoms. The highest BCUT2D eigenvalue weighted by molar-refractivity contribution is 7.10. The maximum absolute atomic E-state index is 13.0. The van der Waals surface area contributed by atoms with Gasteiger partial charge in [-0.1, -0.05) is 11.8 Å². The molecule has 142 valence electrons. The molecule has 1 saturated heterocycles. The molecule has 1 amide bonds. The summed E-state index contributed by atoms with van der Waals surface area (Å²) in [6.45, 7) is 7.27. The van der Waals surface area contributed by atoms with E-state index in [4.69, 9.17) is 0 Å². The topological polar surface area (TPSA) is 77.8 Å². The van der Waals surface area contributed by atoms with Gasteiger partial charge >= 0.3 is 0 Å². The number of carbonyl (C=O) groups excluding carboxylic acids is 2. The number of thiophene rings is 1. The Balaban J connectivity index is 2.02. The van der Waals surface area contributed by atoms with Crippen molar-refractivity contribution in [3.05, 3.63) is 58.1 Å². The van der Waals surface area contributed by atoms with E-state index in [-0.39, 0.29) is 5.57 Å². The summed E-state index contributed by atoms with van der Waals surface area (Å²) >= 11 is 1.45. The van der Waals surface area contributed by atoms with Crippen molar-refractivity contribution in [1.82, 2.24) is 9.88 Å². The highest BCUT2D eigenvalue weighted by Gasteiger charge is 2.44. The molecule has 3 rings (SSSR count). The monoisotopic (exact) mass is 385 g/mol. The van der Waals surface area contributed by atoms with E-state index in [0.717, 1.165) is 24.5 Å². The van der Waals surface area contributed by atoms with E-state index in [1.807, 2.05) is 17.5 Å². The molecule has 2 aromatic heterocycles. The lowest BCUT2D eigenvalue weighted by Crippen LogP contribution is -3.12. The summed E-state index contributed by atoms with van der Waals surface area (Å²) in [5, 5.41) is 14.9. The molecular weight excluding hydrogens is 362 g/mol. The van der Waals surface area contributed by atoms with Gasteiger partial charge < -0.3 is 14.9 Å². The molecule has 2 aromatic rings. The smallest absolute Gasteiger partial charge is 0.295 e. The molecule has 27 heavy (non-hydrogen) atoms. The zero-order chi connectivity index (χ0) is 19.4. The van der Waals surface area contributed by atoms with Gasteiger partial charge in [0.25, 0.3) is 5.91 Å². The van der Waals surface area contributed by atoms with Crippen LogP contribution in [0.25, 0.3) is 5.76 Å². The first kappa shape index (κ1) is 19.3. The molecule has 3 heterocycles. The number of nitrogens with zero attached hydrogens (tertiary/aromatic N) is 2. The normalized spacial score (nSPS) is 19.2. The van der Waals surface area contributed by atoms with Gasteiger partial charge in [0, 0.05) is 22.8 Å². The second-order valence-electron chi connectivity index (χ2n) is 6.43. The molecule has 6 nitrogen and oxygen atoms in total. The van der Waals surface area contributed by atoms with E-state index in [1.54, 1.807) is 17.0 Å². The fourth-order valence-corrected chi connectivity index (χ4v) is 4.23. The predicted molar refractivity (Wildman–Crippen MR) is 102 cm³/mol. The van der Waals surface area contributed by atoms with E-state index in [9.17, 15) is 14.7 Å². The minimum atomic E-state index is -0.690. The molecule has 0 saturated carbocycles. The van der Waals surface area contributed by atoms with Gasteiger partial charge in [-0.05, 0) is 43.0 Å². The molecule has 0 aromatic carbocycles. The second-order valence-corrected chi connectivity index (χ2v) is 7.41. The van der Waals surface area contributed by atoms with Crippen LogP contribution in [0.3, 0.4) is 0 Å². The first-order chi connectivity index (χ1) is 13.1. The zero-order valence-electron chi connectivity index (χ0n) is 15.5. The van der Waals surface area contributed by atoms with Crippen LogP contribution in [0.1, 0.15) is 30.3 Å². The maximum Gasteiger partial charge on any atom is 0.295 e. The van der Waals surface area contributed by atoms with Crippen LogP contribution >= 0.6 is 11.3 Å². The molecule has 7 heteroatoms. The van der Waals surface area contributed by atoms with E-state index in [0.29, 0.717) is 12.1 Å². The van der Waals surface area contributed by atoms with Crippen LogP contribution in [-0.4, -0.2) is 47.8 Å². The molecule has 1 aliphatic rings. The fraction of sp³-hybridized carbons (Fsp3) is 0.350. The third kappa shape index (κ3) is 3.79. The third-order valence-corrected chi connectivity index (χ3v) is 5.92. The average Bonchev–Trinajstić information content (AvgIpc) is 3.31. The third-order valence-electron chi connectivity index (χ3n) is 4.99. The molecule has 1 N–H and O–H groups in total. The van der Waals surface area contributed by atoms with Gasteiger partial charge in [0.2, 0.25) is 5.78 Å². The SMILES string of the molecule is CC[NH+](CC)CCN1C(=O)C(=O)C(=C([O-])c2ccncc2)C1c1cccs1. The number of likely N-dealkylation sites (N-methyl/N-ethyl adjacent to an activating group) is 1. The van der Waals surface area contributed by atoms with Crippen molar-refractivity contribution in [1.29, 1.82) is 0 Å². The van der Waals surface area contributed by atoms with Gasteiger partial charge in [0.15, 0.2) is 0 Å². The second kappa shape index (κ2) is 8.45. The number of hydrogen-bond acceptors (Lipinski definition) is 5. The fourth-order valence-electron chi connectivity index (χ4n) is 3.38. The van der Waals surface area contributed by atoms with Crippen LogP contribution in [0.15, 0.2) is 47.6 Å². The summed E-state index contributed by atoms with van der Waals surface area (Å²) in [6, 6.07) is 6.27. The van der Waals surface area contributed by atoms with Crippen molar-refractivity contribution < 1.29 is 19.6 Å². The molecule has 1 unspecified atom stereocenters. The molecule has 1 fully saturated rings. The summed E-state index contributed by atoms with van der Waals surface area (Å²) in [5.41, 5.74) is 0.419. The van der Waals surface area contributed by atoms with Crippen LogP contribution in [0, 0.1) is 0 Å². The summed E-state index contributed by atoms with van der Waals surface area (Å²) < 4.78 is 0. The molecular formula is C20H23N3O3S. The van der Waals surface area contributed by atoms with E-state index < -0.39 is 23.5 Å². The Kier molecular flexibility index (Phi) is 6.03. The highest BCUT2D eigenvalue weighted by Crippen LogP contribution is 2.39. The van der Waals surface area contributed by atoms with Crippen molar-refractivity contribution >= 4 is 28.8 Å². The lowest BCUT2D eigenvalue weighted by molar-refractivity contribution is -0.895. The van der Waals surface area contributed by atoms with Gasteiger partial charge in [-0.3, -0.25) is 14.6 Å². The van der Waals surface area contributed by atoms with E-state index in [1.165, 1.54) is 28.6 Å². The van der Waals surface area contributed by atoms with Gasteiger partial charge in [0.05, 0.1) is 32.2 Å². The van der Waals surface area contributed by atoms with Crippen molar-refractivity contribution in [2.75, 3.05) is 26.2 Å². The van der Waals surface area contributed by atoms with Gasteiger partial charge in [-0.15, -0.1) is 11.3 Å². The first-order valence-corrected chi connectivity index (χ1v) is 10.00. The lowest BCUT2D eigenvalue weighted by atomic mass is 10.0. The number of quaternary nitrogens is 1. The largest absolute Gasteiger partial charge is 0.872 e. The quantitative estimate of drug-likeness (QED) is 0.422. The summed E-state index contributed by atoms with van der Waals surface area (Å²) in [7, 11) is 0. The molecule has 0 radical (unpaired) electrons. The number of nitrogens with one attached hydrogen (secondary N) is 1.